The number of aromatic nitrogens is 8. The molecule has 7 heterocycles. The number of carbonyl (C=O) groups is 6. The fraction of sp³-hybridized carbons (Fsp3) is 0.362. The summed E-state index contributed by atoms with van der Waals surface area (Å²) in [6, 6.07) is 41.7. The quantitative estimate of drug-likeness (QED) is 0.0393. The van der Waals surface area contributed by atoms with E-state index in [0.29, 0.717) is 126 Å². The van der Waals surface area contributed by atoms with Crippen molar-refractivity contribution in [3.8, 4) is 22.8 Å². The topological polar surface area (TPSA) is 272 Å². The molecule has 12 rings (SSSR count). The highest BCUT2D eigenvalue weighted by atomic mass is 16.4. The van der Waals surface area contributed by atoms with E-state index >= 15 is 0 Å². The minimum Gasteiger partial charge on any atom is -0.441 e. The van der Waals surface area contributed by atoms with Crippen molar-refractivity contribution < 1.29 is 43.4 Å². The average Bonchev–Trinajstić information content (AvgIpc) is 1.77. The number of nitrogens with one attached hydrogen (secondary N) is 2. The van der Waals surface area contributed by atoms with Crippen molar-refractivity contribution in [3.05, 3.63) is 219 Å². The van der Waals surface area contributed by atoms with E-state index in [1.165, 1.54) is 0 Å². The molecule has 23 heteroatoms. The van der Waals surface area contributed by atoms with E-state index in [4.69, 9.17) is 14.6 Å². The second-order valence-electron chi connectivity index (χ2n) is 26.5. The van der Waals surface area contributed by atoms with Crippen molar-refractivity contribution in [1.82, 2.24) is 58.9 Å². The summed E-state index contributed by atoms with van der Waals surface area (Å²) in [5.74, 6) is -0.712. The van der Waals surface area contributed by atoms with Gasteiger partial charge in [-0.2, -0.15) is 15.3 Å². The largest absolute Gasteiger partial charge is 0.441 e. The normalized spacial score (nSPS) is 14.0. The smallest absolute Gasteiger partial charge is 0.276 e. The van der Waals surface area contributed by atoms with Gasteiger partial charge in [0.25, 0.3) is 29.5 Å². The average molecular weight is 1390 g/mol. The van der Waals surface area contributed by atoms with Crippen LogP contribution in [0.4, 0.5) is 11.4 Å². The van der Waals surface area contributed by atoms with Gasteiger partial charge in [-0.1, -0.05) is 120 Å². The number of fused-ring (bicyclic) bond motifs is 3. The Morgan fingerprint density at radius 2 is 1.02 bits per heavy atom. The predicted octanol–water partition coefficient (Wildman–Crippen LogP) is 12.2. The second-order valence-corrected chi connectivity index (χ2v) is 26.5. The van der Waals surface area contributed by atoms with Crippen LogP contribution in [0.15, 0.2) is 150 Å². The van der Waals surface area contributed by atoms with Crippen LogP contribution in [0, 0.1) is 20.8 Å². The van der Waals surface area contributed by atoms with Crippen molar-refractivity contribution in [1.29, 1.82) is 0 Å². The molecular weight excluding hydrogens is 1300 g/mol. The zero-order valence-electron chi connectivity index (χ0n) is 60.1. The molecule has 0 radical (unpaired) electrons. The highest BCUT2D eigenvalue weighted by Crippen LogP contribution is 2.33. The third kappa shape index (κ3) is 16.7. The molecule has 0 saturated carbocycles. The van der Waals surface area contributed by atoms with Gasteiger partial charge in [0.15, 0.2) is 22.7 Å². The highest BCUT2D eigenvalue weighted by Gasteiger charge is 2.35. The minimum atomic E-state index is -0.447. The van der Waals surface area contributed by atoms with E-state index in [0.717, 1.165) is 79.2 Å². The highest BCUT2D eigenvalue weighted by molar-refractivity contribution is 6.11. The van der Waals surface area contributed by atoms with Crippen molar-refractivity contribution in [2.45, 2.75) is 144 Å². The molecule has 10 aromatic rings. The van der Waals surface area contributed by atoms with Gasteiger partial charge in [0.2, 0.25) is 11.8 Å². The van der Waals surface area contributed by atoms with Gasteiger partial charge in [-0.25, -0.2) is 24.0 Å². The molecule has 6 amide bonds. The summed E-state index contributed by atoms with van der Waals surface area (Å²) < 4.78 is 10.7. The van der Waals surface area contributed by atoms with E-state index in [1.54, 1.807) is 105 Å². The Balaban J connectivity index is 0.000000207. The Hall–Kier alpha value is -10.9. The zero-order chi connectivity index (χ0) is 72.8. The Morgan fingerprint density at radius 3 is 1.50 bits per heavy atom. The van der Waals surface area contributed by atoms with Gasteiger partial charge < -0.3 is 44.9 Å². The Bertz CT molecular complexity index is 4670. The molecule has 536 valence electrons. The van der Waals surface area contributed by atoms with Crippen molar-refractivity contribution in [3.63, 3.8) is 0 Å². The van der Waals surface area contributed by atoms with Gasteiger partial charge in [-0.05, 0) is 154 Å². The van der Waals surface area contributed by atoms with Crippen LogP contribution < -0.4 is 10.6 Å². The Labute approximate surface area is 600 Å². The van der Waals surface area contributed by atoms with Crippen LogP contribution in [0.25, 0.3) is 33.9 Å². The van der Waals surface area contributed by atoms with E-state index in [1.807, 2.05) is 103 Å². The van der Waals surface area contributed by atoms with Crippen LogP contribution in [0.1, 0.15) is 176 Å². The number of oxazole rings is 1. The third-order valence-corrected chi connectivity index (χ3v) is 19.1. The van der Waals surface area contributed by atoms with E-state index < -0.39 is 18.0 Å². The summed E-state index contributed by atoms with van der Waals surface area (Å²) >= 11 is 0. The lowest BCUT2D eigenvalue weighted by Gasteiger charge is -2.36. The minimum absolute atomic E-state index is 0.0288. The number of amides is 6. The summed E-state index contributed by atoms with van der Waals surface area (Å²) in [7, 11) is 1.73. The number of hydrogen-bond donors (Lipinski definition) is 4. The zero-order valence-corrected chi connectivity index (χ0v) is 60.1. The first-order chi connectivity index (χ1) is 49.9. The predicted molar refractivity (Wildman–Crippen MR) is 395 cm³/mol. The number of benzene rings is 5. The number of aryl methyl sites for hydroxylation is 4. The maximum atomic E-state index is 14.6. The number of aliphatic hydroxyl groups excluding tert-OH is 2. The SMILES string of the molecule is CCCCN(CCCC)C(=O)c1cc(C)n(-c2ccc(NC(=O)Cc3nc(-c4ccccc4)oc3C)cc2C(=O)N2Cc3ccccc3C[C@H]2CO)n1.CCCCN(CCCC)C(=O)c1cc(C)n(-c2ccc(NC(=O)c3nn(C)c4ncccc34)cc2C(=O)N2Cc3ccccc3C[C@H]2CO)n1. The first-order valence-electron chi connectivity index (χ1n) is 35.8. The Morgan fingerprint density at radius 1 is 0.553 bits per heavy atom. The standard InChI is InChI=1S/C42H48N6O5.C38H44N8O4/c1-5-7-20-46(21-8-6-2)42(52)37-22-28(3)48(45-37)38-19-18-33(43-39(50)25-36-29(4)53-40(44-36)30-14-10-9-11-15-30)24-35(38)41(51)47-26-32-17-13-12-16-31(32)23-34(47)27-49;1-5-7-18-44(19-8-6-2)38(50)32-20-25(3)46(41-32)33-16-15-28(40-36(48)34-30-14-11-17-39-35(30)43(4)42-34)22-31(33)37(49)45-23-27-13-10-9-12-26(27)21-29(45)24-47/h9-19,22,24,34,49H,5-8,20-21,23,25-27H2,1-4H3,(H,43,50);9-17,20,22,29,47H,5-8,18-19,21,23-24H2,1-4H3,(H,40,48)/t34-;29-/m00/s1. The van der Waals surface area contributed by atoms with Gasteiger partial charge in [0.1, 0.15) is 5.76 Å². The number of unbranched alkanes of at least 4 members (excludes halogenated alkanes) is 4. The van der Waals surface area contributed by atoms with E-state index in [-0.39, 0.29) is 66.0 Å². The second kappa shape index (κ2) is 33.7. The van der Waals surface area contributed by atoms with Gasteiger partial charge in [0, 0.05) is 80.8 Å². The number of nitrogens with zero attached hydrogens (tertiary/aromatic N) is 12. The van der Waals surface area contributed by atoms with Crippen LogP contribution in [0.3, 0.4) is 0 Å². The molecule has 2 aliphatic rings. The summed E-state index contributed by atoms with van der Waals surface area (Å²) in [4.78, 5) is 99.7. The molecule has 2 aliphatic heterocycles. The van der Waals surface area contributed by atoms with Crippen molar-refractivity contribution >= 4 is 57.9 Å². The molecule has 0 aliphatic carbocycles. The summed E-state index contributed by atoms with van der Waals surface area (Å²) in [6.45, 7) is 16.7. The number of carbonyl (C=O) groups excluding carboxylic acids is 6. The lowest BCUT2D eigenvalue weighted by atomic mass is 9.93. The number of anilines is 2. The molecule has 4 N–H and O–H groups in total. The lowest BCUT2D eigenvalue weighted by Crippen LogP contribution is -2.46. The Kier molecular flexibility index (Phi) is 24.0. The molecule has 23 nitrogen and oxygen atoms in total. The van der Waals surface area contributed by atoms with Crippen molar-refractivity contribution in [2.24, 2.45) is 7.05 Å². The van der Waals surface area contributed by atoms with Gasteiger partial charge in [-0.3, -0.25) is 28.8 Å². The molecule has 0 unspecified atom stereocenters. The summed E-state index contributed by atoms with van der Waals surface area (Å²) in [5.41, 5.74) is 10.6. The summed E-state index contributed by atoms with van der Waals surface area (Å²) in [5, 5.41) is 41.2. The number of aliphatic hydroxyl groups is 2. The molecule has 2 atom stereocenters. The number of pyridine rings is 1. The fourth-order valence-corrected chi connectivity index (χ4v) is 13.3. The fourth-order valence-electron chi connectivity index (χ4n) is 13.3. The number of hydrogen-bond acceptors (Lipinski definition) is 14. The molecule has 0 bridgehead atoms. The molecule has 5 aromatic heterocycles. The molecular formula is C80H92N14O9. The molecule has 0 spiro atoms. The van der Waals surface area contributed by atoms with Crippen LogP contribution >= 0.6 is 0 Å². The lowest BCUT2D eigenvalue weighted by molar-refractivity contribution is -0.115. The van der Waals surface area contributed by atoms with Gasteiger partial charge in [-0.15, -0.1) is 0 Å². The first kappa shape index (κ1) is 73.3. The van der Waals surface area contributed by atoms with Crippen LogP contribution in [-0.4, -0.2) is 156 Å². The maximum Gasteiger partial charge on any atom is 0.276 e. The van der Waals surface area contributed by atoms with Crippen LogP contribution in [-0.2, 0) is 44.2 Å². The van der Waals surface area contributed by atoms with E-state index in [9.17, 15) is 39.0 Å². The molecule has 0 fully saturated rings. The van der Waals surface area contributed by atoms with Gasteiger partial charge in [0.05, 0.1) is 65.3 Å². The molecule has 5 aromatic carbocycles. The van der Waals surface area contributed by atoms with Crippen molar-refractivity contribution in [2.75, 3.05) is 50.0 Å². The molecule has 0 saturated heterocycles. The van der Waals surface area contributed by atoms with Crippen LogP contribution in [0.5, 0.6) is 0 Å². The third-order valence-electron chi connectivity index (χ3n) is 19.1. The molecule has 103 heavy (non-hydrogen) atoms. The number of rotatable bonds is 26. The maximum absolute atomic E-state index is 14.6. The van der Waals surface area contributed by atoms with Crippen LogP contribution in [0.2, 0.25) is 0 Å². The van der Waals surface area contributed by atoms with Gasteiger partial charge >= 0.3 is 0 Å². The van der Waals surface area contributed by atoms with E-state index in [2.05, 4.69) is 53.4 Å². The monoisotopic (exact) mass is 1390 g/mol. The summed E-state index contributed by atoms with van der Waals surface area (Å²) in [6.07, 6.45) is 10.1. The first-order valence-corrected chi connectivity index (χ1v) is 35.8.